The molecule has 0 bridgehead atoms. The Balaban J connectivity index is 2.21. The number of methoxy groups -OCH3 is 1. The molecular weight excluding hydrogens is 680 g/mol. The van der Waals surface area contributed by atoms with Gasteiger partial charge in [-0.2, -0.15) is 0 Å². The molecule has 0 radical (unpaired) electrons. The molecule has 3 heterocycles. The number of carbonyl (C=O) groups excluding carboxylic acids is 1. The van der Waals surface area contributed by atoms with Gasteiger partial charge < -0.3 is 64.1 Å². The van der Waals surface area contributed by atoms with Crippen LogP contribution in [0.3, 0.4) is 0 Å². The van der Waals surface area contributed by atoms with Gasteiger partial charge in [0.1, 0.15) is 23.9 Å². The molecule has 3 rings (SSSR count). The maximum absolute atomic E-state index is 14.1. The number of hydrogen-bond acceptors (Lipinski definition) is 15. The summed E-state index contributed by atoms with van der Waals surface area (Å²) < 4.78 is 37.2. The van der Waals surface area contributed by atoms with Crippen molar-refractivity contribution in [1.82, 2.24) is 4.90 Å². The zero-order valence-corrected chi connectivity index (χ0v) is 33.4. The first-order valence-corrected chi connectivity index (χ1v) is 18.7. The minimum Gasteiger partial charge on any atom is -0.459 e. The van der Waals surface area contributed by atoms with Crippen molar-refractivity contribution in [2.24, 2.45) is 28.8 Å². The van der Waals surface area contributed by atoms with Crippen LogP contribution in [0.2, 0.25) is 0 Å². The van der Waals surface area contributed by atoms with E-state index in [1.807, 2.05) is 25.9 Å². The van der Waals surface area contributed by atoms with Crippen molar-refractivity contribution >= 4 is 11.7 Å². The largest absolute Gasteiger partial charge is 0.459 e. The van der Waals surface area contributed by atoms with Crippen LogP contribution in [-0.4, -0.2) is 153 Å². The van der Waals surface area contributed by atoms with Crippen molar-refractivity contribution in [3.05, 3.63) is 0 Å². The summed E-state index contributed by atoms with van der Waals surface area (Å²) in [7, 11) is 5.19. The SMILES string of the molecule is CC[C@H]1OC(=O)[C@H](C)[C@@H](O[C@H]2C[C@](C)(OC)[C@@H](O)C(C)O2)[C@H](C)[C@@H](O[C@@H]2OC(C)C[C@@H](N(C)C)C2O)[C@](C)(O)C[C@@H](C)/C(=N\O)[C@H](C)[C@@H](O)[C@]1(C)O. The summed E-state index contributed by atoms with van der Waals surface area (Å²) in [6, 6.07) is -0.322. The lowest BCUT2D eigenvalue weighted by Crippen LogP contribution is -2.61. The molecule has 15 nitrogen and oxygen atoms in total. The van der Waals surface area contributed by atoms with Crippen LogP contribution < -0.4 is 0 Å². The van der Waals surface area contributed by atoms with Crippen LogP contribution in [-0.2, 0) is 33.2 Å². The van der Waals surface area contributed by atoms with Crippen LogP contribution >= 0.6 is 0 Å². The zero-order valence-electron chi connectivity index (χ0n) is 33.4. The zero-order chi connectivity index (χ0) is 39.7. The number of oxime groups is 1. The lowest BCUT2D eigenvalue weighted by atomic mass is 9.73. The standard InChI is InChI=1S/C37H68N2O13/c1-14-25-37(10,45)30(41)20(4)27(38-46)18(2)16-35(8,44)32(52-34-28(40)24(39(11)12)15-19(3)48-34)21(5)29(22(6)33(43)50-25)51-26-17-36(9,47-13)31(42)23(7)49-26/h18-26,28-32,34,40-42,44-46H,14-17H2,1-13H3/b38-27+/t18-,19?,20+,21+,22-,23?,24-,25-,26+,28?,29+,30-,31+,32-,34+,35-,36+,37-/m1/s1. The van der Waals surface area contributed by atoms with Crippen molar-refractivity contribution in [3.8, 4) is 0 Å². The molecule has 0 aliphatic carbocycles. The predicted molar refractivity (Wildman–Crippen MR) is 190 cm³/mol. The third-order valence-electron chi connectivity index (χ3n) is 12.0. The molecule has 0 amide bonds. The van der Waals surface area contributed by atoms with Crippen LogP contribution in [0.15, 0.2) is 5.16 Å². The Labute approximate surface area is 309 Å². The fraction of sp³-hybridized carbons (Fsp3) is 0.946. The first-order valence-electron chi connectivity index (χ1n) is 18.7. The first kappa shape index (κ1) is 44.9. The number of ether oxygens (including phenoxy) is 6. The second-order valence-corrected chi connectivity index (χ2v) is 16.6. The fourth-order valence-electron chi connectivity index (χ4n) is 8.61. The van der Waals surface area contributed by atoms with Gasteiger partial charge >= 0.3 is 5.97 Å². The fourth-order valence-corrected chi connectivity index (χ4v) is 8.61. The Bertz CT molecular complexity index is 1200. The van der Waals surface area contributed by atoms with Gasteiger partial charge in [0.15, 0.2) is 12.6 Å². The highest BCUT2D eigenvalue weighted by Gasteiger charge is 2.53. The van der Waals surface area contributed by atoms with Gasteiger partial charge in [-0.25, -0.2) is 0 Å². The van der Waals surface area contributed by atoms with Crippen LogP contribution in [0.25, 0.3) is 0 Å². The number of aliphatic hydroxyl groups excluding tert-OH is 3. The minimum atomic E-state index is -1.97. The molecule has 6 N–H and O–H groups in total. The second kappa shape index (κ2) is 17.5. The molecule has 52 heavy (non-hydrogen) atoms. The van der Waals surface area contributed by atoms with Crippen molar-refractivity contribution < 1.29 is 64.0 Å². The number of carbonyl (C=O) groups is 1. The van der Waals surface area contributed by atoms with Gasteiger partial charge in [0, 0.05) is 37.3 Å². The summed E-state index contributed by atoms with van der Waals surface area (Å²) in [5, 5.41) is 71.8. The first-order chi connectivity index (χ1) is 24.0. The molecule has 0 saturated carbocycles. The van der Waals surface area contributed by atoms with E-state index in [1.165, 1.54) is 14.0 Å². The van der Waals surface area contributed by atoms with Crippen LogP contribution in [0.4, 0.5) is 0 Å². The summed E-state index contributed by atoms with van der Waals surface area (Å²) >= 11 is 0. The summed E-state index contributed by atoms with van der Waals surface area (Å²) in [4.78, 5) is 16.0. The predicted octanol–water partition coefficient (Wildman–Crippen LogP) is 2.05. The molecule has 304 valence electrons. The average molecular weight is 749 g/mol. The third kappa shape index (κ3) is 9.47. The van der Waals surface area contributed by atoms with Gasteiger partial charge in [-0.3, -0.25) is 4.79 Å². The van der Waals surface area contributed by atoms with Crippen molar-refractivity contribution in [2.75, 3.05) is 21.2 Å². The summed E-state index contributed by atoms with van der Waals surface area (Å²) in [6.45, 7) is 16.6. The molecular formula is C37H68N2O13. The Hall–Kier alpha value is -1.50. The van der Waals surface area contributed by atoms with Gasteiger partial charge in [-0.05, 0) is 74.9 Å². The number of esters is 1. The molecule has 18 atom stereocenters. The molecule has 0 aromatic heterocycles. The number of cyclic esters (lactones) is 1. The smallest absolute Gasteiger partial charge is 0.311 e. The number of aliphatic hydroxyl groups is 5. The maximum atomic E-state index is 14.1. The van der Waals surface area contributed by atoms with Gasteiger partial charge in [0.25, 0.3) is 0 Å². The van der Waals surface area contributed by atoms with E-state index in [9.17, 15) is 35.5 Å². The van der Waals surface area contributed by atoms with E-state index in [-0.39, 0.29) is 37.1 Å². The van der Waals surface area contributed by atoms with Gasteiger partial charge in [-0.15, -0.1) is 0 Å². The van der Waals surface area contributed by atoms with Crippen LogP contribution in [0, 0.1) is 23.7 Å². The van der Waals surface area contributed by atoms with E-state index in [0.29, 0.717) is 6.42 Å². The van der Waals surface area contributed by atoms with E-state index in [1.54, 1.807) is 55.4 Å². The lowest BCUT2D eigenvalue weighted by Gasteiger charge is -2.49. The molecule has 3 unspecified atom stereocenters. The van der Waals surface area contributed by atoms with E-state index in [2.05, 4.69) is 5.16 Å². The summed E-state index contributed by atoms with van der Waals surface area (Å²) in [6.07, 6.45) is -9.51. The number of likely N-dealkylation sites (N-methyl/N-ethyl adjacent to an activating group) is 1. The van der Waals surface area contributed by atoms with Crippen molar-refractivity contribution in [3.63, 3.8) is 0 Å². The minimum absolute atomic E-state index is 0.0657. The van der Waals surface area contributed by atoms with Gasteiger partial charge in [-0.1, -0.05) is 32.9 Å². The van der Waals surface area contributed by atoms with E-state index >= 15 is 0 Å². The summed E-state index contributed by atoms with van der Waals surface area (Å²) in [5.74, 6) is -4.24. The van der Waals surface area contributed by atoms with Crippen LogP contribution in [0.5, 0.6) is 0 Å². The second-order valence-electron chi connectivity index (χ2n) is 16.6. The molecule has 0 aromatic rings. The van der Waals surface area contributed by atoms with Crippen molar-refractivity contribution in [2.45, 2.75) is 179 Å². The van der Waals surface area contributed by atoms with E-state index in [4.69, 9.17) is 28.4 Å². The number of hydrogen-bond donors (Lipinski definition) is 6. The third-order valence-corrected chi connectivity index (χ3v) is 12.0. The summed E-state index contributed by atoms with van der Waals surface area (Å²) in [5.41, 5.74) is -4.68. The molecule has 15 heteroatoms. The highest BCUT2D eigenvalue weighted by Crippen LogP contribution is 2.41. The van der Waals surface area contributed by atoms with E-state index in [0.717, 1.165) is 0 Å². The highest BCUT2D eigenvalue weighted by molar-refractivity contribution is 5.88. The number of nitrogens with zero attached hydrogens (tertiary/aromatic N) is 2. The average Bonchev–Trinajstić information content (AvgIpc) is 3.06. The van der Waals surface area contributed by atoms with Crippen molar-refractivity contribution in [1.29, 1.82) is 0 Å². The maximum Gasteiger partial charge on any atom is 0.311 e. The molecule has 3 saturated heterocycles. The molecule has 0 spiro atoms. The highest BCUT2D eigenvalue weighted by atomic mass is 16.7. The van der Waals surface area contributed by atoms with E-state index < -0.39 is 102 Å². The Morgan fingerprint density at radius 1 is 0.923 bits per heavy atom. The van der Waals surface area contributed by atoms with Gasteiger partial charge in [0.05, 0.1) is 53.4 Å². The quantitative estimate of drug-likeness (QED) is 0.125. The molecule has 3 aliphatic heterocycles. The molecule has 3 fully saturated rings. The molecule has 0 aromatic carbocycles. The lowest BCUT2D eigenvalue weighted by molar-refractivity contribution is -0.317. The molecule has 3 aliphatic rings. The monoisotopic (exact) mass is 748 g/mol. The van der Waals surface area contributed by atoms with Crippen LogP contribution in [0.1, 0.15) is 94.9 Å². The Morgan fingerprint density at radius 3 is 2.08 bits per heavy atom. The number of rotatable bonds is 7. The Morgan fingerprint density at radius 2 is 1.54 bits per heavy atom. The van der Waals surface area contributed by atoms with Gasteiger partial charge in [0.2, 0.25) is 0 Å². The normalized spacial score (nSPS) is 49.8. The topological polar surface area (TPSA) is 209 Å². The Kier molecular flexibility index (Phi) is 15.1.